The van der Waals surface area contributed by atoms with Gasteiger partial charge in [0.2, 0.25) is 0 Å². The number of aromatic nitrogens is 6. The first-order valence-corrected chi connectivity index (χ1v) is 10.2. The molecule has 158 valence electrons. The minimum atomic E-state index is -0.489. The first-order valence-electron chi connectivity index (χ1n) is 10.2. The van der Waals surface area contributed by atoms with E-state index in [1.807, 2.05) is 51.1 Å². The molecule has 1 fully saturated rings. The van der Waals surface area contributed by atoms with Gasteiger partial charge in [0.25, 0.3) is 0 Å². The van der Waals surface area contributed by atoms with Crippen molar-refractivity contribution in [1.29, 1.82) is 0 Å². The summed E-state index contributed by atoms with van der Waals surface area (Å²) >= 11 is 0. The van der Waals surface area contributed by atoms with Gasteiger partial charge < -0.3 is 9.64 Å². The van der Waals surface area contributed by atoms with Crippen LogP contribution >= 0.6 is 0 Å². The van der Waals surface area contributed by atoms with Gasteiger partial charge in [-0.05, 0) is 45.7 Å². The fourth-order valence-electron chi connectivity index (χ4n) is 3.65. The van der Waals surface area contributed by atoms with E-state index in [0.717, 1.165) is 30.2 Å². The zero-order valence-electron chi connectivity index (χ0n) is 17.6. The number of carbonyl (C=O) groups is 1. The van der Waals surface area contributed by atoms with E-state index in [1.54, 1.807) is 22.1 Å². The molecular formula is C21H27N7O2. The van der Waals surface area contributed by atoms with Crippen LogP contribution in [-0.2, 0) is 11.3 Å². The number of benzene rings is 1. The average Bonchev–Trinajstić information content (AvgIpc) is 3.38. The Morgan fingerprint density at radius 1 is 1.07 bits per heavy atom. The van der Waals surface area contributed by atoms with Crippen LogP contribution in [0, 0.1) is 0 Å². The van der Waals surface area contributed by atoms with E-state index < -0.39 is 5.60 Å². The molecule has 0 saturated carbocycles. The lowest BCUT2D eigenvalue weighted by Crippen LogP contribution is -2.41. The summed E-state index contributed by atoms with van der Waals surface area (Å²) in [6, 6.07) is 10.1. The molecular weight excluding hydrogens is 382 g/mol. The molecule has 30 heavy (non-hydrogen) atoms. The van der Waals surface area contributed by atoms with Gasteiger partial charge in [-0.3, -0.25) is 4.57 Å². The SMILES string of the molecule is CC(C)(C)OC(=O)N1CCC(c2nnc(Cn3nccn3)n2-c2ccccc2)CC1. The Labute approximate surface area is 175 Å². The third kappa shape index (κ3) is 4.50. The van der Waals surface area contributed by atoms with Crippen LogP contribution in [0.5, 0.6) is 0 Å². The van der Waals surface area contributed by atoms with Crippen molar-refractivity contribution < 1.29 is 9.53 Å². The van der Waals surface area contributed by atoms with Gasteiger partial charge in [0.15, 0.2) is 5.82 Å². The van der Waals surface area contributed by atoms with Crippen molar-refractivity contribution in [3.63, 3.8) is 0 Å². The predicted molar refractivity (Wildman–Crippen MR) is 110 cm³/mol. The molecule has 0 N–H and O–H groups in total. The van der Waals surface area contributed by atoms with Crippen LogP contribution in [0.3, 0.4) is 0 Å². The Kier molecular flexibility index (Phi) is 5.52. The Balaban J connectivity index is 1.55. The highest BCUT2D eigenvalue weighted by Gasteiger charge is 2.30. The van der Waals surface area contributed by atoms with Crippen molar-refractivity contribution in [1.82, 2.24) is 34.7 Å². The molecule has 1 amide bonds. The molecule has 1 aliphatic rings. The summed E-state index contributed by atoms with van der Waals surface area (Å²) in [5.74, 6) is 1.89. The van der Waals surface area contributed by atoms with E-state index in [4.69, 9.17) is 4.74 Å². The molecule has 0 radical (unpaired) electrons. The summed E-state index contributed by atoms with van der Waals surface area (Å²) in [6.45, 7) is 7.36. The molecule has 0 unspecified atom stereocenters. The molecule has 3 aromatic rings. The predicted octanol–water partition coefficient (Wildman–Crippen LogP) is 3.02. The van der Waals surface area contributed by atoms with Gasteiger partial charge in [0.1, 0.15) is 18.0 Å². The molecule has 1 aliphatic heterocycles. The van der Waals surface area contributed by atoms with Gasteiger partial charge in [-0.2, -0.15) is 15.0 Å². The monoisotopic (exact) mass is 409 g/mol. The summed E-state index contributed by atoms with van der Waals surface area (Å²) in [6.07, 6.45) is 4.66. The quantitative estimate of drug-likeness (QED) is 0.658. The molecule has 9 heteroatoms. The van der Waals surface area contributed by atoms with E-state index in [-0.39, 0.29) is 12.0 Å². The first-order chi connectivity index (χ1) is 14.4. The second-order valence-electron chi connectivity index (χ2n) is 8.45. The van der Waals surface area contributed by atoms with Crippen molar-refractivity contribution in [2.75, 3.05) is 13.1 Å². The maximum Gasteiger partial charge on any atom is 0.410 e. The lowest BCUT2D eigenvalue weighted by molar-refractivity contribution is 0.0202. The number of amides is 1. The Hall–Kier alpha value is -3.23. The van der Waals surface area contributed by atoms with Crippen LogP contribution in [0.2, 0.25) is 0 Å². The maximum atomic E-state index is 12.4. The largest absolute Gasteiger partial charge is 0.444 e. The number of piperidine rings is 1. The molecule has 1 saturated heterocycles. The summed E-state index contributed by atoms with van der Waals surface area (Å²) in [5, 5.41) is 17.4. The number of likely N-dealkylation sites (tertiary alicyclic amines) is 1. The number of ether oxygens (including phenoxy) is 1. The lowest BCUT2D eigenvalue weighted by atomic mass is 9.96. The number of para-hydroxylation sites is 1. The Morgan fingerprint density at radius 3 is 2.37 bits per heavy atom. The molecule has 0 aliphatic carbocycles. The van der Waals surface area contributed by atoms with Gasteiger partial charge >= 0.3 is 6.09 Å². The van der Waals surface area contributed by atoms with Gasteiger partial charge in [-0.25, -0.2) is 4.79 Å². The van der Waals surface area contributed by atoms with Gasteiger partial charge in [0.05, 0.1) is 12.4 Å². The molecule has 9 nitrogen and oxygen atoms in total. The minimum Gasteiger partial charge on any atom is -0.444 e. The second-order valence-corrected chi connectivity index (χ2v) is 8.45. The number of nitrogens with zero attached hydrogens (tertiary/aromatic N) is 7. The van der Waals surface area contributed by atoms with E-state index in [2.05, 4.69) is 25.0 Å². The van der Waals surface area contributed by atoms with E-state index in [1.165, 1.54) is 0 Å². The highest BCUT2D eigenvalue weighted by Crippen LogP contribution is 2.30. The normalized spacial score (nSPS) is 15.4. The van der Waals surface area contributed by atoms with Crippen molar-refractivity contribution >= 4 is 6.09 Å². The smallest absolute Gasteiger partial charge is 0.410 e. The van der Waals surface area contributed by atoms with Gasteiger partial charge in [-0.15, -0.1) is 10.2 Å². The molecule has 0 bridgehead atoms. The first kappa shape index (κ1) is 20.1. The summed E-state index contributed by atoms with van der Waals surface area (Å²) in [4.78, 5) is 15.8. The third-order valence-corrected chi connectivity index (χ3v) is 5.03. The standard InChI is InChI=1S/C21H27N7O2/c1-21(2,3)30-20(29)26-13-9-16(10-14-26)19-25-24-18(15-27-22-11-12-23-27)28(19)17-7-5-4-6-8-17/h4-8,11-12,16H,9-10,13-15H2,1-3H3. The molecule has 3 heterocycles. The molecule has 2 aromatic heterocycles. The van der Waals surface area contributed by atoms with E-state index in [0.29, 0.717) is 19.6 Å². The van der Waals surface area contributed by atoms with Crippen LogP contribution in [0.25, 0.3) is 5.69 Å². The number of hydrogen-bond donors (Lipinski definition) is 0. The molecule has 1 aromatic carbocycles. The van der Waals surface area contributed by atoms with Gasteiger partial charge in [-0.1, -0.05) is 18.2 Å². The maximum absolute atomic E-state index is 12.4. The van der Waals surface area contributed by atoms with E-state index >= 15 is 0 Å². The third-order valence-electron chi connectivity index (χ3n) is 5.03. The highest BCUT2D eigenvalue weighted by atomic mass is 16.6. The average molecular weight is 409 g/mol. The fraction of sp³-hybridized carbons (Fsp3) is 0.476. The summed E-state index contributed by atoms with van der Waals surface area (Å²) in [7, 11) is 0. The van der Waals surface area contributed by atoms with Crippen molar-refractivity contribution in [2.24, 2.45) is 0 Å². The van der Waals surface area contributed by atoms with Crippen LogP contribution in [0.15, 0.2) is 42.7 Å². The fourth-order valence-corrected chi connectivity index (χ4v) is 3.65. The van der Waals surface area contributed by atoms with Crippen molar-refractivity contribution in [2.45, 2.75) is 51.7 Å². The van der Waals surface area contributed by atoms with Crippen LogP contribution in [0.4, 0.5) is 4.79 Å². The van der Waals surface area contributed by atoms with Crippen LogP contribution < -0.4 is 0 Å². The summed E-state index contributed by atoms with van der Waals surface area (Å²) in [5.41, 5.74) is 0.519. The summed E-state index contributed by atoms with van der Waals surface area (Å²) < 4.78 is 7.61. The molecule has 0 spiro atoms. The lowest BCUT2D eigenvalue weighted by Gasteiger charge is -2.33. The minimum absolute atomic E-state index is 0.204. The van der Waals surface area contributed by atoms with Gasteiger partial charge in [0, 0.05) is 24.7 Å². The Bertz CT molecular complexity index is 969. The molecule has 4 rings (SSSR count). The topological polar surface area (TPSA) is 91.0 Å². The van der Waals surface area contributed by atoms with E-state index in [9.17, 15) is 4.79 Å². The zero-order valence-corrected chi connectivity index (χ0v) is 17.6. The molecule has 0 atom stereocenters. The van der Waals surface area contributed by atoms with Crippen LogP contribution in [-0.4, -0.2) is 59.4 Å². The highest BCUT2D eigenvalue weighted by molar-refractivity contribution is 5.68. The number of rotatable bonds is 4. The number of carbonyl (C=O) groups excluding carboxylic acids is 1. The Morgan fingerprint density at radius 2 is 1.73 bits per heavy atom. The second kappa shape index (κ2) is 8.25. The number of hydrogen-bond acceptors (Lipinski definition) is 6. The van der Waals surface area contributed by atoms with Crippen molar-refractivity contribution in [3.05, 3.63) is 54.4 Å². The zero-order chi connectivity index (χ0) is 21.1. The van der Waals surface area contributed by atoms with Crippen LogP contribution in [0.1, 0.15) is 51.2 Å². The van der Waals surface area contributed by atoms with Crippen molar-refractivity contribution in [3.8, 4) is 5.69 Å².